The second kappa shape index (κ2) is 5.88. The van der Waals surface area contributed by atoms with Crippen LogP contribution in [-0.4, -0.2) is 25.8 Å². The molecule has 1 unspecified atom stereocenters. The molecule has 1 aromatic carbocycles. The third-order valence-electron chi connectivity index (χ3n) is 3.30. The van der Waals surface area contributed by atoms with E-state index in [0.717, 1.165) is 18.9 Å². The summed E-state index contributed by atoms with van der Waals surface area (Å²) in [5, 5.41) is 0. The highest BCUT2D eigenvalue weighted by Crippen LogP contribution is 2.25. The Kier molecular flexibility index (Phi) is 4.92. The molecule has 0 aliphatic rings. The van der Waals surface area contributed by atoms with E-state index < -0.39 is 15.8 Å². The normalized spacial score (nSPS) is 13.8. The molecule has 19 heavy (non-hydrogen) atoms. The van der Waals surface area contributed by atoms with Crippen LogP contribution >= 0.6 is 0 Å². The van der Waals surface area contributed by atoms with Crippen LogP contribution in [-0.2, 0) is 10.0 Å². The molecule has 0 bridgehead atoms. The zero-order valence-corrected chi connectivity index (χ0v) is 12.6. The van der Waals surface area contributed by atoms with E-state index in [0.29, 0.717) is 5.56 Å². The molecule has 0 aromatic heterocycles. The first-order valence-corrected chi connectivity index (χ1v) is 7.69. The second-order valence-corrected chi connectivity index (χ2v) is 6.76. The van der Waals surface area contributed by atoms with Crippen molar-refractivity contribution in [3.63, 3.8) is 0 Å². The third-order valence-corrected chi connectivity index (χ3v) is 5.29. The van der Waals surface area contributed by atoms with E-state index >= 15 is 0 Å². The third kappa shape index (κ3) is 3.25. The number of sulfonamides is 1. The van der Waals surface area contributed by atoms with E-state index in [4.69, 9.17) is 5.73 Å². The summed E-state index contributed by atoms with van der Waals surface area (Å²) in [6, 6.07) is 2.16. The van der Waals surface area contributed by atoms with Crippen molar-refractivity contribution in [3.05, 3.63) is 23.5 Å². The lowest BCUT2D eigenvalue weighted by Crippen LogP contribution is -2.35. The standard InChI is InChI=1S/C13H21FN2O2S/c1-5-6-10(3)16(4)19(17,18)13-8-12(15)9(2)7-11(13)14/h7-8,10H,5-6,15H2,1-4H3. The fourth-order valence-corrected chi connectivity index (χ4v) is 3.33. The molecule has 0 heterocycles. The van der Waals surface area contributed by atoms with Gasteiger partial charge in [-0.15, -0.1) is 0 Å². The van der Waals surface area contributed by atoms with Crippen LogP contribution in [0.1, 0.15) is 32.3 Å². The van der Waals surface area contributed by atoms with Gasteiger partial charge in [-0.3, -0.25) is 0 Å². The molecule has 0 aliphatic heterocycles. The number of aryl methyl sites for hydroxylation is 1. The molecule has 1 rings (SSSR count). The summed E-state index contributed by atoms with van der Waals surface area (Å²) in [5.74, 6) is -0.762. The number of hydrogen-bond donors (Lipinski definition) is 1. The summed E-state index contributed by atoms with van der Waals surface area (Å²) in [6.07, 6.45) is 1.58. The lowest BCUT2D eigenvalue weighted by molar-refractivity contribution is 0.366. The summed E-state index contributed by atoms with van der Waals surface area (Å²) in [4.78, 5) is -0.360. The summed E-state index contributed by atoms with van der Waals surface area (Å²) in [5.41, 5.74) is 6.47. The first kappa shape index (κ1) is 15.9. The van der Waals surface area contributed by atoms with E-state index in [2.05, 4.69) is 0 Å². The van der Waals surface area contributed by atoms with Crippen molar-refractivity contribution < 1.29 is 12.8 Å². The van der Waals surface area contributed by atoms with Crippen LogP contribution in [0.25, 0.3) is 0 Å². The van der Waals surface area contributed by atoms with Crippen LogP contribution in [0.5, 0.6) is 0 Å². The highest BCUT2D eigenvalue weighted by atomic mass is 32.2. The van der Waals surface area contributed by atoms with Crippen molar-refractivity contribution in [2.75, 3.05) is 12.8 Å². The molecular formula is C13H21FN2O2S. The lowest BCUT2D eigenvalue weighted by atomic mass is 10.2. The van der Waals surface area contributed by atoms with E-state index in [1.165, 1.54) is 17.4 Å². The van der Waals surface area contributed by atoms with Gasteiger partial charge >= 0.3 is 0 Å². The van der Waals surface area contributed by atoms with Crippen LogP contribution in [0.15, 0.2) is 17.0 Å². The molecule has 0 spiro atoms. The molecule has 0 aliphatic carbocycles. The maximum Gasteiger partial charge on any atom is 0.246 e. The topological polar surface area (TPSA) is 63.4 Å². The lowest BCUT2D eigenvalue weighted by Gasteiger charge is -2.24. The molecule has 4 nitrogen and oxygen atoms in total. The Balaban J connectivity index is 3.24. The SMILES string of the molecule is CCCC(C)N(C)S(=O)(=O)c1cc(N)c(C)cc1F. The molecular weight excluding hydrogens is 267 g/mol. The van der Waals surface area contributed by atoms with Gasteiger partial charge in [0.2, 0.25) is 10.0 Å². The van der Waals surface area contributed by atoms with Crippen molar-refractivity contribution in [1.82, 2.24) is 4.31 Å². The average molecular weight is 288 g/mol. The summed E-state index contributed by atoms with van der Waals surface area (Å²) in [6.45, 7) is 5.41. The van der Waals surface area contributed by atoms with Gasteiger partial charge in [-0.05, 0) is 38.0 Å². The number of nitrogens with two attached hydrogens (primary N) is 1. The van der Waals surface area contributed by atoms with Gasteiger partial charge in [0, 0.05) is 18.8 Å². The maximum absolute atomic E-state index is 13.9. The quantitative estimate of drug-likeness (QED) is 0.847. The van der Waals surface area contributed by atoms with Gasteiger partial charge in [-0.25, -0.2) is 12.8 Å². The van der Waals surface area contributed by atoms with Gasteiger partial charge in [0.15, 0.2) is 0 Å². The Labute approximate surface area is 114 Å². The summed E-state index contributed by atoms with van der Waals surface area (Å²) in [7, 11) is -2.39. The fraction of sp³-hybridized carbons (Fsp3) is 0.538. The van der Waals surface area contributed by atoms with Crippen molar-refractivity contribution in [3.8, 4) is 0 Å². The predicted octanol–water partition coefficient (Wildman–Crippen LogP) is 2.53. The molecule has 0 radical (unpaired) electrons. The monoisotopic (exact) mass is 288 g/mol. The Hall–Kier alpha value is -1.14. The zero-order chi connectivity index (χ0) is 14.8. The van der Waals surface area contributed by atoms with Crippen molar-refractivity contribution >= 4 is 15.7 Å². The zero-order valence-electron chi connectivity index (χ0n) is 11.8. The Bertz CT molecular complexity index is 558. The van der Waals surface area contributed by atoms with Crippen molar-refractivity contribution in [2.45, 2.75) is 44.6 Å². The Morgan fingerprint density at radius 3 is 2.53 bits per heavy atom. The second-order valence-electron chi connectivity index (χ2n) is 4.80. The number of hydrogen-bond acceptors (Lipinski definition) is 3. The van der Waals surface area contributed by atoms with Crippen LogP contribution < -0.4 is 5.73 Å². The van der Waals surface area contributed by atoms with E-state index in [-0.39, 0.29) is 16.6 Å². The molecule has 1 aromatic rings. The van der Waals surface area contributed by atoms with Crippen LogP contribution in [0.4, 0.5) is 10.1 Å². The molecule has 1 atom stereocenters. The van der Waals surface area contributed by atoms with Crippen molar-refractivity contribution in [1.29, 1.82) is 0 Å². The van der Waals surface area contributed by atoms with E-state index in [1.807, 2.05) is 6.92 Å². The minimum Gasteiger partial charge on any atom is -0.398 e. The number of rotatable bonds is 5. The summed E-state index contributed by atoms with van der Waals surface area (Å²) >= 11 is 0. The van der Waals surface area contributed by atoms with Crippen LogP contribution in [0, 0.1) is 12.7 Å². The number of anilines is 1. The molecule has 0 fully saturated rings. The molecule has 0 amide bonds. The van der Waals surface area contributed by atoms with Crippen LogP contribution in [0.3, 0.4) is 0 Å². The van der Waals surface area contributed by atoms with Crippen LogP contribution in [0.2, 0.25) is 0 Å². The first-order valence-electron chi connectivity index (χ1n) is 6.25. The van der Waals surface area contributed by atoms with Gasteiger partial charge < -0.3 is 5.73 Å². The first-order chi connectivity index (χ1) is 8.71. The smallest absolute Gasteiger partial charge is 0.246 e. The molecule has 6 heteroatoms. The minimum atomic E-state index is -3.85. The molecule has 0 saturated carbocycles. The molecule has 2 N–H and O–H groups in total. The van der Waals surface area contributed by atoms with Gasteiger partial charge in [0.05, 0.1) is 0 Å². The van der Waals surface area contributed by atoms with Gasteiger partial charge in [0.1, 0.15) is 10.7 Å². The average Bonchev–Trinajstić information content (AvgIpc) is 2.32. The number of halogens is 1. The highest BCUT2D eigenvalue weighted by molar-refractivity contribution is 7.89. The van der Waals surface area contributed by atoms with Gasteiger partial charge in [-0.2, -0.15) is 4.31 Å². The fourth-order valence-electron chi connectivity index (χ4n) is 1.86. The van der Waals surface area contributed by atoms with E-state index in [1.54, 1.807) is 13.8 Å². The maximum atomic E-state index is 13.9. The summed E-state index contributed by atoms with van der Waals surface area (Å²) < 4.78 is 39.8. The highest BCUT2D eigenvalue weighted by Gasteiger charge is 2.28. The number of nitrogens with zero attached hydrogens (tertiary/aromatic N) is 1. The number of nitrogen functional groups attached to an aromatic ring is 1. The predicted molar refractivity (Wildman–Crippen MR) is 74.9 cm³/mol. The Morgan fingerprint density at radius 2 is 2.00 bits per heavy atom. The molecule has 108 valence electrons. The van der Waals surface area contributed by atoms with Crippen molar-refractivity contribution in [2.24, 2.45) is 0 Å². The van der Waals surface area contributed by atoms with Gasteiger partial charge in [-0.1, -0.05) is 13.3 Å². The number of benzene rings is 1. The largest absolute Gasteiger partial charge is 0.398 e. The van der Waals surface area contributed by atoms with Gasteiger partial charge in [0.25, 0.3) is 0 Å². The minimum absolute atomic E-state index is 0.183. The molecule has 0 saturated heterocycles. The Morgan fingerprint density at radius 1 is 1.42 bits per heavy atom. The van der Waals surface area contributed by atoms with E-state index in [9.17, 15) is 12.8 Å².